The van der Waals surface area contributed by atoms with Crippen LogP contribution in [0.15, 0.2) is 52.2 Å². The van der Waals surface area contributed by atoms with Gasteiger partial charge in [-0.05, 0) is 50.2 Å². The molecule has 34 heavy (non-hydrogen) atoms. The van der Waals surface area contributed by atoms with Gasteiger partial charge in [0.15, 0.2) is 16.7 Å². The maximum atomic E-state index is 12.4. The molecule has 1 aromatic carbocycles. The molecule has 4 rings (SSSR count). The van der Waals surface area contributed by atoms with Crippen LogP contribution >= 0.6 is 23.1 Å². The molecule has 2 N–H and O–H groups in total. The van der Waals surface area contributed by atoms with Gasteiger partial charge in [-0.3, -0.25) is 19.5 Å². The summed E-state index contributed by atoms with van der Waals surface area (Å²) in [5, 5.41) is 23.5. The highest BCUT2D eigenvalue weighted by molar-refractivity contribution is 7.99. The van der Waals surface area contributed by atoms with Gasteiger partial charge in [-0.25, -0.2) is 0 Å². The fourth-order valence-corrected chi connectivity index (χ4v) is 4.29. The number of ether oxygens (including phenoxy) is 1. The van der Waals surface area contributed by atoms with E-state index in [4.69, 9.17) is 9.15 Å². The van der Waals surface area contributed by atoms with Crippen molar-refractivity contribution in [3.05, 3.63) is 59.3 Å². The van der Waals surface area contributed by atoms with Crippen LogP contribution in [0.25, 0.3) is 5.69 Å². The summed E-state index contributed by atoms with van der Waals surface area (Å²) in [5.41, 5.74) is 0.762. The molecule has 0 radical (unpaired) electrons. The van der Waals surface area contributed by atoms with Gasteiger partial charge in [-0.1, -0.05) is 23.1 Å². The van der Waals surface area contributed by atoms with E-state index < -0.39 is 0 Å². The molecule has 176 valence electrons. The normalized spacial score (nSPS) is 10.8. The largest absolute Gasteiger partial charge is 0.494 e. The smallest absolute Gasteiger partial charge is 0.287 e. The lowest BCUT2D eigenvalue weighted by atomic mass is 10.3. The first-order valence-corrected chi connectivity index (χ1v) is 12.1. The summed E-state index contributed by atoms with van der Waals surface area (Å²) >= 11 is 2.51. The molecule has 0 bridgehead atoms. The van der Waals surface area contributed by atoms with Crippen LogP contribution in [0, 0.1) is 6.92 Å². The van der Waals surface area contributed by atoms with E-state index in [0.717, 1.165) is 16.4 Å². The molecule has 0 aliphatic heterocycles. The number of anilines is 1. The number of aromatic nitrogens is 5. The molecular formula is C21H21N7O4S2. The first kappa shape index (κ1) is 23.4. The molecule has 0 aliphatic rings. The lowest BCUT2D eigenvalue weighted by molar-refractivity contribution is -0.113. The van der Waals surface area contributed by atoms with Crippen LogP contribution in [-0.2, 0) is 11.3 Å². The van der Waals surface area contributed by atoms with Gasteiger partial charge < -0.3 is 14.5 Å². The van der Waals surface area contributed by atoms with Crippen molar-refractivity contribution in [3.63, 3.8) is 0 Å². The molecule has 13 heteroatoms. The second-order valence-corrected chi connectivity index (χ2v) is 8.91. The second-order valence-electron chi connectivity index (χ2n) is 6.78. The molecule has 4 aromatic rings. The molecular weight excluding hydrogens is 478 g/mol. The summed E-state index contributed by atoms with van der Waals surface area (Å²) in [6, 6.07) is 10.6. The van der Waals surface area contributed by atoms with Crippen molar-refractivity contribution in [1.29, 1.82) is 0 Å². The number of amides is 2. The van der Waals surface area contributed by atoms with Crippen molar-refractivity contribution in [2.75, 3.05) is 17.7 Å². The number of furan rings is 1. The van der Waals surface area contributed by atoms with E-state index in [1.807, 2.05) is 38.1 Å². The number of thioether (sulfide) groups is 1. The van der Waals surface area contributed by atoms with E-state index in [9.17, 15) is 9.59 Å². The lowest BCUT2D eigenvalue weighted by Gasteiger charge is -2.11. The summed E-state index contributed by atoms with van der Waals surface area (Å²) in [4.78, 5) is 24.7. The summed E-state index contributed by atoms with van der Waals surface area (Å²) < 4.78 is 12.4. The van der Waals surface area contributed by atoms with Crippen LogP contribution in [0.3, 0.4) is 0 Å². The Hall–Kier alpha value is -3.71. The maximum Gasteiger partial charge on any atom is 0.287 e. The number of carbonyl (C=O) groups is 2. The molecule has 2 amide bonds. The Morgan fingerprint density at radius 1 is 1.15 bits per heavy atom. The Labute approximate surface area is 202 Å². The van der Waals surface area contributed by atoms with Gasteiger partial charge in [0.1, 0.15) is 10.8 Å². The van der Waals surface area contributed by atoms with Crippen LogP contribution in [0.2, 0.25) is 0 Å². The van der Waals surface area contributed by atoms with Gasteiger partial charge in [0.05, 0.1) is 25.2 Å². The van der Waals surface area contributed by atoms with E-state index in [-0.39, 0.29) is 29.9 Å². The summed E-state index contributed by atoms with van der Waals surface area (Å²) in [6.07, 6.45) is 1.43. The minimum Gasteiger partial charge on any atom is -0.494 e. The summed E-state index contributed by atoms with van der Waals surface area (Å²) in [5.74, 6) is 0.902. The molecule has 0 unspecified atom stereocenters. The first-order valence-electron chi connectivity index (χ1n) is 10.3. The molecule has 0 saturated carbocycles. The number of nitrogens with one attached hydrogen (secondary N) is 2. The zero-order valence-corrected chi connectivity index (χ0v) is 20.0. The van der Waals surface area contributed by atoms with Crippen LogP contribution in [-0.4, -0.2) is 49.1 Å². The summed E-state index contributed by atoms with van der Waals surface area (Å²) in [6.45, 7) is 4.39. The van der Waals surface area contributed by atoms with E-state index in [1.165, 1.54) is 29.4 Å². The highest BCUT2D eigenvalue weighted by Gasteiger charge is 2.18. The Morgan fingerprint density at radius 3 is 2.65 bits per heavy atom. The third-order valence-corrected chi connectivity index (χ3v) is 6.05. The maximum absolute atomic E-state index is 12.4. The molecule has 11 nitrogen and oxygen atoms in total. The van der Waals surface area contributed by atoms with Crippen molar-refractivity contribution in [3.8, 4) is 11.4 Å². The molecule has 3 heterocycles. The van der Waals surface area contributed by atoms with E-state index in [2.05, 4.69) is 31.0 Å². The molecule has 3 aromatic heterocycles. The van der Waals surface area contributed by atoms with Crippen molar-refractivity contribution < 1.29 is 18.7 Å². The zero-order chi connectivity index (χ0) is 23.9. The van der Waals surface area contributed by atoms with E-state index in [1.54, 1.807) is 16.7 Å². The number of benzene rings is 1. The molecule has 0 saturated heterocycles. The standard InChI is InChI=1S/C21H21N7O4S2/c1-3-31-15-8-6-14(7-9-15)28-17(11-22-19(30)16-5-4-10-32-16)25-27-21(28)33-12-18(29)23-20-26-24-13(2)34-20/h4-10H,3,11-12H2,1-2H3,(H,22,30)(H,23,26,29). The van der Waals surface area contributed by atoms with Crippen molar-refractivity contribution in [1.82, 2.24) is 30.3 Å². The Bertz CT molecular complexity index is 1250. The minimum absolute atomic E-state index is 0.0898. The number of hydrogen-bond donors (Lipinski definition) is 2. The fourth-order valence-electron chi connectivity index (χ4n) is 2.91. The zero-order valence-electron chi connectivity index (χ0n) is 18.3. The second kappa shape index (κ2) is 10.9. The first-order chi connectivity index (χ1) is 16.5. The lowest BCUT2D eigenvalue weighted by Crippen LogP contribution is -2.24. The van der Waals surface area contributed by atoms with Crippen LogP contribution < -0.4 is 15.4 Å². The number of hydrogen-bond acceptors (Lipinski definition) is 10. The van der Waals surface area contributed by atoms with Crippen molar-refractivity contribution >= 4 is 40.0 Å². The average molecular weight is 500 g/mol. The third-order valence-electron chi connectivity index (χ3n) is 4.36. The van der Waals surface area contributed by atoms with Gasteiger partial charge in [0.2, 0.25) is 11.0 Å². The predicted molar refractivity (Wildman–Crippen MR) is 126 cm³/mol. The van der Waals surface area contributed by atoms with Gasteiger partial charge in [0.25, 0.3) is 5.91 Å². The van der Waals surface area contributed by atoms with Gasteiger partial charge in [-0.15, -0.1) is 20.4 Å². The van der Waals surface area contributed by atoms with Gasteiger partial charge >= 0.3 is 0 Å². The van der Waals surface area contributed by atoms with Crippen molar-refractivity contribution in [2.24, 2.45) is 0 Å². The number of aryl methyl sites for hydroxylation is 1. The molecule has 0 atom stereocenters. The molecule has 0 fully saturated rings. The fraction of sp³-hybridized carbons (Fsp3) is 0.238. The Balaban J connectivity index is 1.51. The quantitative estimate of drug-likeness (QED) is 0.315. The third kappa shape index (κ3) is 5.80. The highest BCUT2D eigenvalue weighted by Crippen LogP contribution is 2.24. The monoisotopic (exact) mass is 499 g/mol. The van der Waals surface area contributed by atoms with Gasteiger partial charge in [-0.2, -0.15) is 0 Å². The molecule has 0 aliphatic carbocycles. The number of rotatable bonds is 10. The van der Waals surface area contributed by atoms with E-state index in [0.29, 0.717) is 22.7 Å². The van der Waals surface area contributed by atoms with Crippen molar-refractivity contribution in [2.45, 2.75) is 25.5 Å². The average Bonchev–Trinajstić information content (AvgIpc) is 3.58. The van der Waals surface area contributed by atoms with E-state index >= 15 is 0 Å². The SMILES string of the molecule is CCOc1ccc(-n2c(CNC(=O)c3ccco3)nnc2SCC(=O)Nc2nnc(C)s2)cc1. The van der Waals surface area contributed by atoms with Crippen LogP contribution in [0.4, 0.5) is 5.13 Å². The van der Waals surface area contributed by atoms with Crippen LogP contribution in [0.1, 0.15) is 28.3 Å². The predicted octanol–water partition coefficient (Wildman–Crippen LogP) is 3.08. The minimum atomic E-state index is -0.368. The molecule has 0 spiro atoms. The number of carbonyl (C=O) groups excluding carboxylic acids is 2. The van der Waals surface area contributed by atoms with Gasteiger partial charge in [0, 0.05) is 5.69 Å². The van der Waals surface area contributed by atoms with Crippen LogP contribution in [0.5, 0.6) is 5.75 Å². The highest BCUT2D eigenvalue weighted by atomic mass is 32.2. The number of nitrogens with zero attached hydrogens (tertiary/aromatic N) is 5. The Kier molecular flexibility index (Phi) is 7.54. The Morgan fingerprint density at radius 2 is 1.97 bits per heavy atom. The summed E-state index contributed by atoms with van der Waals surface area (Å²) in [7, 11) is 0. The topological polar surface area (TPSA) is 137 Å².